The Hall–Kier alpha value is -1.37. The van der Waals surface area contributed by atoms with E-state index in [-0.39, 0.29) is 11.5 Å². The van der Waals surface area contributed by atoms with Gasteiger partial charge in [0.2, 0.25) is 0 Å². The molecule has 4 nitrogen and oxygen atoms in total. The van der Waals surface area contributed by atoms with Gasteiger partial charge >= 0.3 is 0 Å². The van der Waals surface area contributed by atoms with Gasteiger partial charge in [-0.1, -0.05) is 19.1 Å². The quantitative estimate of drug-likeness (QED) is 0.892. The van der Waals surface area contributed by atoms with Crippen molar-refractivity contribution >= 4 is 27.0 Å². The van der Waals surface area contributed by atoms with Crippen LogP contribution in [0.5, 0.6) is 0 Å². The van der Waals surface area contributed by atoms with E-state index < -0.39 is 10.0 Å². The fourth-order valence-electron chi connectivity index (χ4n) is 2.02. The lowest BCUT2D eigenvalue weighted by Crippen LogP contribution is -2.15. The van der Waals surface area contributed by atoms with Gasteiger partial charge < -0.3 is 5.11 Å². The lowest BCUT2D eigenvalue weighted by molar-refractivity contribution is 0.282. The van der Waals surface area contributed by atoms with Gasteiger partial charge in [0, 0.05) is 5.69 Å². The number of aliphatic hydroxyl groups is 1. The van der Waals surface area contributed by atoms with Crippen molar-refractivity contribution in [1.82, 2.24) is 0 Å². The van der Waals surface area contributed by atoms with Gasteiger partial charge in [-0.3, -0.25) is 4.72 Å². The van der Waals surface area contributed by atoms with Crippen LogP contribution in [-0.4, -0.2) is 13.5 Å². The first-order chi connectivity index (χ1) is 9.47. The number of rotatable bonds is 5. The second-order valence-electron chi connectivity index (χ2n) is 4.49. The van der Waals surface area contributed by atoms with Crippen LogP contribution in [0.1, 0.15) is 22.9 Å². The standard InChI is InChI=1S/C14H17NO3S2/c1-3-11-5-4-6-12(7-11)15-20(17,18)14-10(2)9-19-13(14)8-16/h4-7,9,15-16H,3,8H2,1-2H3. The second kappa shape index (κ2) is 5.95. The number of benzene rings is 1. The monoisotopic (exact) mass is 311 g/mol. The highest BCUT2D eigenvalue weighted by Gasteiger charge is 2.22. The summed E-state index contributed by atoms with van der Waals surface area (Å²) in [6.07, 6.45) is 0.842. The minimum absolute atomic E-state index is 0.187. The molecule has 0 aliphatic rings. The molecule has 0 aliphatic heterocycles. The molecule has 108 valence electrons. The van der Waals surface area contributed by atoms with Gasteiger partial charge in [-0.15, -0.1) is 11.3 Å². The molecule has 1 aromatic carbocycles. The van der Waals surface area contributed by atoms with E-state index in [1.807, 2.05) is 25.1 Å². The van der Waals surface area contributed by atoms with Gasteiger partial charge in [-0.05, 0) is 42.0 Å². The molecule has 0 fully saturated rings. The molecule has 0 saturated carbocycles. The van der Waals surface area contributed by atoms with E-state index in [1.54, 1.807) is 18.4 Å². The zero-order valence-electron chi connectivity index (χ0n) is 11.4. The molecule has 0 atom stereocenters. The predicted molar refractivity (Wildman–Crippen MR) is 81.6 cm³/mol. The molecule has 0 radical (unpaired) electrons. The van der Waals surface area contributed by atoms with Crippen LogP contribution in [0, 0.1) is 6.92 Å². The summed E-state index contributed by atoms with van der Waals surface area (Å²) in [7, 11) is -3.67. The van der Waals surface area contributed by atoms with Crippen LogP contribution in [0.3, 0.4) is 0 Å². The van der Waals surface area contributed by atoms with E-state index in [4.69, 9.17) is 0 Å². The average molecular weight is 311 g/mol. The van der Waals surface area contributed by atoms with Crippen LogP contribution in [-0.2, 0) is 23.1 Å². The average Bonchev–Trinajstić information content (AvgIpc) is 2.80. The molecule has 2 N–H and O–H groups in total. The number of aliphatic hydroxyl groups excluding tert-OH is 1. The van der Waals surface area contributed by atoms with Gasteiger partial charge in [-0.25, -0.2) is 8.42 Å². The smallest absolute Gasteiger partial charge is 0.263 e. The molecule has 2 aromatic rings. The van der Waals surface area contributed by atoms with Crippen LogP contribution in [0.2, 0.25) is 0 Å². The van der Waals surface area contributed by atoms with Crippen LogP contribution < -0.4 is 4.72 Å². The molecule has 20 heavy (non-hydrogen) atoms. The summed E-state index contributed by atoms with van der Waals surface area (Å²) < 4.78 is 27.5. The Bertz CT molecular complexity index is 705. The minimum atomic E-state index is -3.67. The normalized spacial score (nSPS) is 11.6. The van der Waals surface area contributed by atoms with Crippen molar-refractivity contribution in [2.24, 2.45) is 0 Å². The molecule has 0 spiro atoms. The predicted octanol–water partition coefficient (Wildman–Crippen LogP) is 2.91. The zero-order valence-corrected chi connectivity index (χ0v) is 13.0. The Balaban J connectivity index is 2.38. The second-order valence-corrected chi connectivity index (χ2v) is 7.07. The molecule has 6 heteroatoms. The number of thiophene rings is 1. The fourth-order valence-corrected chi connectivity index (χ4v) is 4.73. The highest BCUT2D eigenvalue weighted by molar-refractivity contribution is 7.93. The lowest BCUT2D eigenvalue weighted by Gasteiger charge is -2.10. The molecule has 0 aliphatic carbocycles. The molecule has 0 saturated heterocycles. The van der Waals surface area contributed by atoms with Crippen molar-refractivity contribution in [3.8, 4) is 0 Å². The maximum Gasteiger partial charge on any atom is 0.263 e. The molecule has 0 amide bonds. The van der Waals surface area contributed by atoms with Crippen LogP contribution in [0.15, 0.2) is 34.5 Å². The number of anilines is 1. The molecular weight excluding hydrogens is 294 g/mol. The van der Waals surface area contributed by atoms with Crippen molar-refractivity contribution in [2.45, 2.75) is 31.8 Å². The van der Waals surface area contributed by atoms with Crippen molar-refractivity contribution in [2.75, 3.05) is 4.72 Å². The van der Waals surface area contributed by atoms with Gasteiger partial charge in [0.1, 0.15) is 4.90 Å². The summed E-state index contributed by atoms with van der Waals surface area (Å²) >= 11 is 1.25. The molecule has 2 rings (SSSR count). The Morgan fingerprint density at radius 1 is 1.35 bits per heavy atom. The Morgan fingerprint density at radius 2 is 2.10 bits per heavy atom. The number of nitrogens with one attached hydrogen (secondary N) is 1. The first-order valence-corrected chi connectivity index (χ1v) is 8.63. The third-order valence-corrected chi connectivity index (χ3v) is 5.82. The molecule has 0 unspecified atom stereocenters. The summed E-state index contributed by atoms with van der Waals surface area (Å²) in [5.74, 6) is 0. The van der Waals surface area contributed by atoms with E-state index in [1.165, 1.54) is 11.3 Å². The van der Waals surface area contributed by atoms with Crippen molar-refractivity contribution < 1.29 is 13.5 Å². The van der Waals surface area contributed by atoms with Gasteiger partial charge in [0.05, 0.1) is 11.5 Å². The summed E-state index contributed by atoms with van der Waals surface area (Å²) in [4.78, 5) is 0.647. The molecular formula is C14H17NO3S2. The minimum Gasteiger partial charge on any atom is -0.391 e. The summed E-state index contributed by atoms with van der Waals surface area (Å²) in [5, 5.41) is 11.0. The summed E-state index contributed by atoms with van der Waals surface area (Å²) in [6.45, 7) is 3.47. The summed E-state index contributed by atoms with van der Waals surface area (Å²) in [5.41, 5.74) is 2.26. The Morgan fingerprint density at radius 3 is 2.75 bits per heavy atom. The largest absolute Gasteiger partial charge is 0.391 e. The number of sulfonamides is 1. The third-order valence-electron chi connectivity index (χ3n) is 2.99. The van der Waals surface area contributed by atoms with Crippen LogP contribution >= 0.6 is 11.3 Å². The van der Waals surface area contributed by atoms with Crippen molar-refractivity contribution in [1.29, 1.82) is 0 Å². The van der Waals surface area contributed by atoms with Crippen LogP contribution in [0.25, 0.3) is 0 Å². The molecule has 1 heterocycles. The molecule has 1 aromatic heterocycles. The van der Waals surface area contributed by atoms with E-state index in [0.717, 1.165) is 12.0 Å². The number of hydrogen-bond donors (Lipinski definition) is 2. The Labute approximate surface area is 123 Å². The fraction of sp³-hybridized carbons (Fsp3) is 0.286. The third kappa shape index (κ3) is 3.03. The number of hydrogen-bond acceptors (Lipinski definition) is 4. The highest BCUT2D eigenvalue weighted by Crippen LogP contribution is 2.28. The van der Waals surface area contributed by atoms with Crippen molar-refractivity contribution in [3.05, 3.63) is 45.6 Å². The maximum atomic E-state index is 12.4. The first-order valence-electron chi connectivity index (χ1n) is 6.27. The number of aryl methyl sites for hydroxylation is 2. The van der Waals surface area contributed by atoms with Gasteiger partial charge in [0.15, 0.2) is 0 Å². The van der Waals surface area contributed by atoms with E-state index >= 15 is 0 Å². The highest BCUT2D eigenvalue weighted by atomic mass is 32.2. The lowest BCUT2D eigenvalue weighted by atomic mass is 10.1. The van der Waals surface area contributed by atoms with Crippen molar-refractivity contribution in [3.63, 3.8) is 0 Å². The maximum absolute atomic E-state index is 12.4. The van der Waals surface area contributed by atoms with Gasteiger partial charge in [0.25, 0.3) is 10.0 Å². The summed E-state index contributed by atoms with van der Waals surface area (Å²) in [6, 6.07) is 7.31. The van der Waals surface area contributed by atoms with E-state index in [0.29, 0.717) is 16.1 Å². The van der Waals surface area contributed by atoms with E-state index in [9.17, 15) is 13.5 Å². The van der Waals surface area contributed by atoms with Crippen LogP contribution in [0.4, 0.5) is 5.69 Å². The zero-order chi connectivity index (χ0) is 14.8. The van der Waals surface area contributed by atoms with E-state index in [2.05, 4.69) is 4.72 Å². The topological polar surface area (TPSA) is 66.4 Å². The molecule has 0 bridgehead atoms. The SMILES string of the molecule is CCc1cccc(NS(=O)(=O)c2c(C)csc2CO)c1. The van der Waals surface area contributed by atoms with Gasteiger partial charge in [-0.2, -0.15) is 0 Å². The Kier molecular flexibility index (Phi) is 4.47. The first kappa shape index (κ1) is 15.0.